The van der Waals surface area contributed by atoms with Gasteiger partial charge in [-0.05, 0) is 18.9 Å². The van der Waals surface area contributed by atoms with Gasteiger partial charge in [-0.2, -0.15) is 0 Å². The molecule has 0 spiro atoms. The molecule has 0 saturated carbocycles. The van der Waals surface area contributed by atoms with Crippen LogP contribution in [0, 0.1) is 5.92 Å². The second-order valence-corrected chi connectivity index (χ2v) is 4.32. The number of nitrogens with zero attached hydrogens (tertiary/aromatic N) is 1. The van der Waals surface area contributed by atoms with Crippen LogP contribution in [0.1, 0.15) is 38.8 Å². The summed E-state index contributed by atoms with van der Waals surface area (Å²) in [5.74, 6) is 2.49. The molecule has 0 fully saturated rings. The van der Waals surface area contributed by atoms with Gasteiger partial charge >= 0.3 is 0 Å². The predicted octanol–water partition coefficient (Wildman–Crippen LogP) is 2.42. The molecule has 0 amide bonds. The van der Waals surface area contributed by atoms with Gasteiger partial charge in [0.25, 0.3) is 0 Å². The molecule has 1 aromatic rings. The molecule has 3 heteroatoms. The Balaban J connectivity index is 2.26. The normalized spacial score (nSPS) is 11.2. The SMILES string of the molecule is CCCNCCc1ncc(CC(C)C)o1. The molecule has 0 saturated heterocycles. The Morgan fingerprint density at radius 3 is 2.87 bits per heavy atom. The highest BCUT2D eigenvalue weighted by Crippen LogP contribution is 2.09. The molecule has 1 heterocycles. The fraction of sp³-hybridized carbons (Fsp3) is 0.750. The maximum atomic E-state index is 5.62. The van der Waals surface area contributed by atoms with Crippen LogP contribution in [0.5, 0.6) is 0 Å². The van der Waals surface area contributed by atoms with E-state index < -0.39 is 0 Å². The van der Waals surface area contributed by atoms with Crippen molar-refractivity contribution < 1.29 is 4.42 Å². The maximum Gasteiger partial charge on any atom is 0.195 e. The summed E-state index contributed by atoms with van der Waals surface area (Å²) in [6.45, 7) is 8.56. The summed E-state index contributed by atoms with van der Waals surface area (Å²) < 4.78 is 5.62. The van der Waals surface area contributed by atoms with Crippen molar-refractivity contribution in [2.45, 2.75) is 40.0 Å². The van der Waals surface area contributed by atoms with Gasteiger partial charge in [0.2, 0.25) is 0 Å². The van der Waals surface area contributed by atoms with Crippen molar-refractivity contribution in [1.82, 2.24) is 10.3 Å². The van der Waals surface area contributed by atoms with Crippen LogP contribution in [0.25, 0.3) is 0 Å². The summed E-state index contributed by atoms with van der Waals surface area (Å²) in [5.41, 5.74) is 0. The van der Waals surface area contributed by atoms with Crippen molar-refractivity contribution in [2.24, 2.45) is 5.92 Å². The van der Waals surface area contributed by atoms with Crippen molar-refractivity contribution in [3.8, 4) is 0 Å². The Morgan fingerprint density at radius 2 is 2.20 bits per heavy atom. The molecule has 0 atom stereocenters. The van der Waals surface area contributed by atoms with Crippen molar-refractivity contribution in [3.63, 3.8) is 0 Å². The number of oxazole rings is 1. The van der Waals surface area contributed by atoms with E-state index in [1.807, 2.05) is 6.20 Å². The van der Waals surface area contributed by atoms with Crippen molar-refractivity contribution >= 4 is 0 Å². The Morgan fingerprint density at radius 1 is 1.40 bits per heavy atom. The fourth-order valence-corrected chi connectivity index (χ4v) is 1.46. The zero-order chi connectivity index (χ0) is 11.1. The minimum absolute atomic E-state index is 0.629. The number of rotatable bonds is 7. The third-order valence-corrected chi connectivity index (χ3v) is 2.15. The minimum atomic E-state index is 0.629. The fourth-order valence-electron chi connectivity index (χ4n) is 1.46. The molecule has 0 aliphatic carbocycles. The van der Waals surface area contributed by atoms with Gasteiger partial charge in [-0.1, -0.05) is 20.8 Å². The van der Waals surface area contributed by atoms with E-state index in [1.165, 1.54) is 6.42 Å². The summed E-state index contributed by atoms with van der Waals surface area (Å²) in [5, 5.41) is 3.33. The highest BCUT2D eigenvalue weighted by atomic mass is 16.4. The topological polar surface area (TPSA) is 38.1 Å². The highest BCUT2D eigenvalue weighted by molar-refractivity contribution is 4.95. The lowest BCUT2D eigenvalue weighted by molar-refractivity contribution is 0.428. The lowest BCUT2D eigenvalue weighted by Crippen LogP contribution is -2.17. The third-order valence-electron chi connectivity index (χ3n) is 2.15. The first-order valence-electron chi connectivity index (χ1n) is 5.86. The lowest BCUT2D eigenvalue weighted by Gasteiger charge is -2.00. The first-order valence-corrected chi connectivity index (χ1v) is 5.86. The Bertz CT molecular complexity index is 268. The highest BCUT2D eigenvalue weighted by Gasteiger charge is 2.05. The molecule has 0 aliphatic rings. The molecule has 1 N–H and O–H groups in total. The summed E-state index contributed by atoms with van der Waals surface area (Å²) in [4.78, 5) is 4.26. The number of aromatic nitrogens is 1. The maximum absolute atomic E-state index is 5.62. The van der Waals surface area contributed by atoms with Crippen LogP contribution in [0.4, 0.5) is 0 Å². The average molecular weight is 210 g/mol. The Hall–Kier alpha value is -0.830. The van der Waals surface area contributed by atoms with Crippen LogP contribution in [0.15, 0.2) is 10.6 Å². The molecule has 0 aliphatic heterocycles. The first kappa shape index (κ1) is 12.2. The summed E-state index contributed by atoms with van der Waals surface area (Å²) >= 11 is 0. The predicted molar refractivity (Wildman–Crippen MR) is 61.9 cm³/mol. The Kier molecular flexibility index (Phi) is 5.40. The van der Waals surface area contributed by atoms with E-state index in [1.54, 1.807) is 0 Å². The van der Waals surface area contributed by atoms with Crippen LogP contribution in [0.3, 0.4) is 0 Å². The van der Waals surface area contributed by atoms with Gasteiger partial charge in [-0.25, -0.2) is 4.98 Å². The van der Waals surface area contributed by atoms with Crippen molar-refractivity contribution in [2.75, 3.05) is 13.1 Å². The second-order valence-electron chi connectivity index (χ2n) is 4.32. The van der Waals surface area contributed by atoms with E-state index >= 15 is 0 Å². The minimum Gasteiger partial charge on any atom is -0.446 e. The van der Waals surface area contributed by atoms with Gasteiger partial charge in [0.05, 0.1) is 6.20 Å². The molecule has 0 bridgehead atoms. The lowest BCUT2D eigenvalue weighted by atomic mass is 10.1. The van der Waals surface area contributed by atoms with E-state index in [-0.39, 0.29) is 0 Å². The molecule has 0 aromatic carbocycles. The Labute approximate surface area is 92.3 Å². The molecule has 3 nitrogen and oxygen atoms in total. The molecule has 1 rings (SSSR count). The summed E-state index contributed by atoms with van der Waals surface area (Å²) in [7, 11) is 0. The van der Waals surface area contributed by atoms with E-state index in [0.717, 1.165) is 37.6 Å². The molecule has 86 valence electrons. The molecule has 15 heavy (non-hydrogen) atoms. The van der Waals surface area contributed by atoms with E-state index in [9.17, 15) is 0 Å². The monoisotopic (exact) mass is 210 g/mol. The van der Waals surface area contributed by atoms with Crippen molar-refractivity contribution in [3.05, 3.63) is 17.8 Å². The standard InChI is InChI=1S/C12H22N2O/c1-4-6-13-7-5-12-14-9-11(15-12)8-10(2)3/h9-10,13H,4-8H2,1-3H3. The van der Waals surface area contributed by atoms with Gasteiger partial charge in [-0.3, -0.25) is 0 Å². The average Bonchev–Trinajstić information content (AvgIpc) is 2.59. The van der Waals surface area contributed by atoms with Crippen LogP contribution in [0.2, 0.25) is 0 Å². The molecule has 1 aromatic heterocycles. The number of nitrogens with one attached hydrogen (secondary N) is 1. The smallest absolute Gasteiger partial charge is 0.195 e. The van der Waals surface area contributed by atoms with E-state index in [4.69, 9.17) is 4.42 Å². The van der Waals surface area contributed by atoms with Gasteiger partial charge < -0.3 is 9.73 Å². The largest absolute Gasteiger partial charge is 0.446 e. The summed E-state index contributed by atoms with van der Waals surface area (Å²) in [6.07, 6.45) is 4.90. The molecule has 0 radical (unpaired) electrons. The van der Waals surface area contributed by atoms with Crippen LogP contribution in [-0.4, -0.2) is 18.1 Å². The third kappa shape index (κ3) is 4.98. The molecular formula is C12H22N2O. The molecular weight excluding hydrogens is 188 g/mol. The van der Waals surface area contributed by atoms with E-state index in [0.29, 0.717) is 5.92 Å². The second kappa shape index (κ2) is 6.62. The first-order chi connectivity index (χ1) is 7.22. The summed E-state index contributed by atoms with van der Waals surface area (Å²) in [6, 6.07) is 0. The zero-order valence-corrected chi connectivity index (χ0v) is 10.0. The number of hydrogen-bond acceptors (Lipinski definition) is 3. The quantitative estimate of drug-likeness (QED) is 0.702. The number of hydrogen-bond donors (Lipinski definition) is 1. The zero-order valence-electron chi connectivity index (χ0n) is 10.0. The van der Waals surface area contributed by atoms with Gasteiger partial charge in [0.1, 0.15) is 5.76 Å². The van der Waals surface area contributed by atoms with Crippen molar-refractivity contribution in [1.29, 1.82) is 0 Å². The van der Waals surface area contributed by atoms with Crippen LogP contribution < -0.4 is 5.32 Å². The van der Waals surface area contributed by atoms with Gasteiger partial charge in [0.15, 0.2) is 5.89 Å². The molecule has 0 unspecified atom stereocenters. The van der Waals surface area contributed by atoms with Gasteiger partial charge in [-0.15, -0.1) is 0 Å². The van der Waals surface area contributed by atoms with E-state index in [2.05, 4.69) is 31.1 Å². The van der Waals surface area contributed by atoms with Gasteiger partial charge in [0, 0.05) is 19.4 Å². The van der Waals surface area contributed by atoms with Crippen LogP contribution in [-0.2, 0) is 12.8 Å². The van der Waals surface area contributed by atoms with Crippen LogP contribution >= 0.6 is 0 Å².